The Bertz CT molecular complexity index is 1380. The van der Waals surface area contributed by atoms with E-state index in [2.05, 4.69) is 74.9 Å². The molecular formula is C24H24N6OS. The van der Waals surface area contributed by atoms with Gasteiger partial charge in [0.05, 0.1) is 10.9 Å². The third kappa shape index (κ3) is 3.60. The SMILES string of the molecule is Cc1ccccc1-n1c(SC(C)c2nc(C(C)C)no2)nnc1-c1c[nH]c2ccccc12. The highest BCUT2D eigenvalue weighted by molar-refractivity contribution is 7.99. The molecule has 0 radical (unpaired) electrons. The monoisotopic (exact) mass is 444 g/mol. The van der Waals surface area contributed by atoms with E-state index in [1.165, 1.54) is 0 Å². The van der Waals surface area contributed by atoms with Crippen molar-refractivity contribution in [3.05, 3.63) is 72.0 Å². The molecule has 0 bridgehead atoms. The first kappa shape index (κ1) is 20.5. The second kappa shape index (κ2) is 8.27. The summed E-state index contributed by atoms with van der Waals surface area (Å²) in [5.41, 5.74) is 4.26. The van der Waals surface area contributed by atoms with E-state index in [0.717, 1.165) is 38.7 Å². The first-order chi connectivity index (χ1) is 15.5. The van der Waals surface area contributed by atoms with E-state index in [9.17, 15) is 0 Å². The first-order valence-corrected chi connectivity index (χ1v) is 11.5. The van der Waals surface area contributed by atoms with Gasteiger partial charge in [-0.2, -0.15) is 4.98 Å². The molecule has 1 atom stereocenters. The summed E-state index contributed by atoms with van der Waals surface area (Å²) < 4.78 is 7.64. The molecule has 3 aromatic heterocycles. The Morgan fingerprint density at radius 2 is 1.78 bits per heavy atom. The minimum absolute atomic E-state index is 0.0715. The first-order valence-electron chi connectivity index (χ1n) is 10.6. The van der Waals surface area contributed by atoms with Crippen LogP contribution in [0.1, 0.15) is 49.2 Å². The van der Waals surface area contributed by atoms with Crippen LogP contribution < -0.4 is 0 Å². The maximum Gasteiger partial charge on any atom is 0.239 e. The predicted molar refractivity (Wildman–Crippen MR) is 126 cm³/mol. The second-order valence-electron chi connectivity index (χ2n) is 8.08. The van der Waals surface area contributed by atoms with E-state index < -0.39 is 0 Å². The highest BCUT2D eigenvalue weighted by Gasteiger charge is 2.24. The van der Waals surface area contributed by atoms with Crippen molar-refractivity contribution < 1.29 is 4.52 Å². The van der Waals surface area contributed by atoms with E-state index in [4.69, 9.17) is 4.52 Å². The van der Waals surface area contributed by atoms with E-state index in [-0.39, 0.29) is 11.2 Å². The number of hydrogen-bond donors (Lipinski definition) is 1. The number of aryl methyl sites for hydroxylation is 1. The van der Waals surface area contributed by atoms with E-state index in [1.54, 1.807) is 11.8 Å². The molecule has 5 rings (SSSR count). The van der Waals surface area contributed by atoms with Gasteiger partial charge in [0.15, 0.2) is 16.8 Å². The van der Waals surface area contributed by atoms with Crippen molar-refractivity contribution >= 4 is 22.7 Å². The van der Waals surface area contributed by atoms with Gasteiger partial charge in [-0.15, -0.1) is 10.2 Å². The molecule has 0 amide bonds. The molecular weight excluding hydrogens is 420 g/mol. The van der Waals surface area contributed by atoms with Crippen LogP contribution in [0.4, 0.5) is 0 Å². The quantitative estimate of drug-likeness (QED) is 0.319. The fourth-order valence-electron chi connectivity index (χ4n) is 3.66. The van der Waals surface area contributed by atoms with Crippen LogP contribution in [0.2, 0.25) is 0 Å². The zero-order valence-corrected chi connectivity index (χ0v) is 19.2. The Hall–Kier alpha value is -3.39. The van der Waals surface area contributed by atoms with Crippen LogP contribution in [0, 0.1) is 6.92 Å². The van der Waals surface area contributed by atoms with Crippen LogP contribution in [0.25, 0.3) is 28.0 Å². The topological polar surface area (TPSA) is 85.4 Å². The lowest BCUT2D eigenvalue weighted by Crippen LogP contribution is -2.02. The summed E-state index contributed by atoms with van der Waals surface area (Å²) in [7, 11) is 0. The molecule has 2 aromatic carbocycles. The Morgan fingerprint density at radius 1 is 1.00 bits per heavy atom. The molecule has 3 heterocycles. The Balaban J connectivity index is 1.61. The van der Waals surface area contributed by atoms with Crippen molar-refractivity contribution in [1.29, 1.82) is 0 Å². The molecule has 5 aromatic rings. The van der Waals surface area contributed by atoms with Crippen LogP contribution >= 0.6 is 11.8 Å². The molecule has 0 aliphatic heterocycles. The van der Waals surface area contributed by atoms with Crippen molar-refractivity contribution in [2.24, 2.45) is 0 Å². The molecule has 0 fully saturated rings. The minimum atomic E-state index is -0.0715. The van der Waals surface area contributed by atoms with Gasteiger partial charge in [-0.3, -0.25) is 4.57 Å². The number of nitrogens with one attached hydrogen (secondary N) is 1. The number of rotatable bonds is 6. The third-order valence-corrected chi connectivity index (χ3v) is 6.45. The lowest BCUT2D eigenvalue weighted by atomic mass is 10.1. The van der Waals surface area contributed by atoms with Gasteiger partial charge >= 0.3 is 0 Å². The van der Waals surface area contributed by atoms with Gasteiger partial charge in [0.25, 0.3) is 0 Å². The van der Waals surface area contributed by atoms with Gasteiger partial charge < -0.3 is 9.51 Å². The Labute approximate surface area is 190 Å². The zero-order chi connectivity index (χ0) is 22.2. The lowest BCUT2D eigenvalue weighted by Gasteiger charge is -2.13. The predicted octanol–water partition coefficient (Wildman–Crippen LogP) is 6.08. The molecule has 0 aliphatic carbocycles. The van der Waals surface area contributed by atoms with E-state index >= 15 is 0 Å². The standard InChI is InChI=1S/C24H24N6OS/c1-14(2)21-26-23(31-29-21)16(4)32-24-28-27-22(30(24)20-12-8-5-9-15(20)3)18-13-25-19-11-7-6-10-17(18)19/h5-14,16,25H,1-4H3. The Morgan fingerprint density at radius 3 is 2.56 bits per heavy atom. The number of hydrogen-bond acceptors (Lipinski definition) is 6. The highest BCUT2D eigenvalue weighted by atomic mass is 32.2. The van der Waals surface area contributed by atoms with Gasteiger partial charge in [-0.25, -0.2) is 0 Å². The maximum atomic E-state index is 5.52. The van der Waals surface area contributed by atoms with Gasteiger partial charge in [-0.1, -0.05) is 67.2 Å². The summed E-state index contributed by atoms with van der Waals surface area (Å²) in [6.45, 7) is 8.24. The van der Waals surface area contributed by atoms with Gasteiger partial charge in [0, 0.05) is 28.6 Å². The lowest BCUT2D eigenvalue weighted by molar-refractivity contribution is 0.373. The van der Waals surface area contributed by atoms with Crippen LogP contribution in [0.3, 0.4) is 0 Å². The number of aromatic amines is 1. The van der Waals surface area contributed by atoms with Crippen LogP contribution in [-0.4, -0.2) is 29.9 Å². The number of nitrogens with zero attached hydrogens (tertiary/aromatic N) is 5. The summed E-state index contributed by atoms with van der Waals surface area (Å²) in [5.74, 6) is 2.31. The third-order valence-electron chi connectivity index (χ3n) is 5.42. The number of benzene rings is 2. The average molecular weight is 445 g/mol. The van der Waals surface area contributed by atoms with Crippen molar-refractivity contribution in [3.8, 4) is 17.1 Å². The molecule has 0 aliphatic rings. The van der Waals surface area contributed by atoms with Crippen LogP contribution in [0.5, 0.6) is 0 Å². The highest BCUT2D eigenvalue weighted by Crippen LogP contribution is 2.38. The van der Waals surface area contributed by atoms with Crippen LogP contribution in [-0.2, 0) is 0 Å². The van der Waals surface area contributed by atoms with E-state index in [0.29, 0.717) is 11.7 Å². The fourth-order valence-corrected chi connectivity index (χ4v) is 4.56. The maximum absolute atomic E-state index is 5.52. The molecule has 0 saturated carbocycles. The molecule has 7 nitrogen and oxygen atoms in total. The summed E-state index contributed by atoms with van der Waals surface area (Å²) in [6.07, 6.45) is 1.99. The van der Waals surface area contributed by atoms with E-state index in [1.807, 2.05) is 37.4 Å². The summed E-state index contributed by atoms with van der Waals surface area (Å²) >= 11 is 1.56. The van der Waals surface area contributed by atoms with Crippen molar-refractivity contribution in [3.63, 3.8) is 0 Å². The number of aromatic nitrogens is 6. The molecule has 1 unspecified atom stereocenters. The van der Waals surface area contributed by atoms with Crippen LogP contribution in [0.15, 0.2) is 64.4 Å². The largest absolute Gasteiger partial charge is 0.360 e. The summed E-state index contributed by atoms with van der Waals surface area (Å²) in [6, 6.07) is 16.5. The Kier molecular flexibility index (Phi) is 5.30. The summed E-state index contributed by atoms with van der Waals surface area (Å²) in [5, 5.41) is 15.1. The van der Waals surface area contributed by atoms with Gasteiger partial charge in [0.2, 0.25) is 5.89 Å². The molecule has 0 spiro atoms. The summed E-state index contributed by atoms with van der Waals surface area (Å²) in [4.78, 5) is 7.91. The van der Waals surface area contributed by atoms with Crippen molar-refractivity contribution in [2.75, 3.05) is 0 Å². The molecule has 162 valence electrons. The van der Waals surface area contributed by atoms with Gasteiger partial charge in [0.1, 0.15) is 0 Å². The second-order valence-corrected chi connectivity index (χ2v) is 9.39. The molecule has 32 heavy (non-hydrogen) atoms. The molecule has 1 N–H and O–H groups in total. The number of H-pyrrole nitrogens is 1. The normalized spacial score (nSPS) is 12.7. The average Bonchev–Trinajstić information content (AvgIpc) is 3.52. The van der Waals surface area contributed by atoms with Crippen molar-refractivity contribution in [2.45, 2.75) is 44.0 Å². The smallest absolute Gasteiger partial charge is 0.239 e. The van der Waals surface area contributed by atoms with Gasteiger partial charge in [-0.05, 0) is 31.5 Å². The zero-order valence-electron chi connectivity index (χ0n) is 18.4. The molecule has 8 heteroatoms. The molecule has 0 saturated heterocycles. The number of para-hydroxylation sites is 2. The minimum Gasteiger partial charge on any atom is -0.360 e. The number of fused-ring (bicyclic) bond motifs is 1. The number of thioether (sulfide) groups is 1. The van der Waals surface area contributed by atoms with Crippen molar-refractivity contribution in [1.82, 2.24) is 29.9 Å². The fraction of sp³-hybridized carbons (Fsp3) is 0.250.